The Bertz CT molecular complexity index is 23.3. The van der Waals surface area contributed by atoms with Gasteiger partial charge in [-0.3, -0.25) is 0 Å². The monoisotopic (exact) mass is 193 g/mol. The van der Waals surface area contributed by atoms with Crippen molar-refractivity contribution in [3.05, 3.63) is 6.92 Å². The molecule has 5 heteroatoms. The first-order valence-corrected chi connectivity index (χ1v) is 7.65. The molecular formula is C4H9Cl3LiMg. The van der Waals surface area contributed by atoms with E-state index in [0.717, 1.165) is 6.42 Å². The normalized spacial score (nSPS) is 5.22. The van der Waals surface area contributed by atoms with Gasteiger partial charge in [0.2, 0.25) is 0 Å². The summed E-state index contributed by atoms with van der Waals surface area (Å²) in [7, 11) is 14.4. The summed E-state index contributed by atoms with van der Waals surface area (Å²) in [6.07, 6.45) is 2.28. The summed E-state index contributed by atoms with van der Waals surface area (Å²) in [5.41, 5.74) is 0. The second-order valence-electron chi connectivity index (χ2n) is 0.955. The van der Waals surface area contributed by atoms with Gasteiger partial charge in [0.25, 0.3) is 0 Å². The van der Waals surface area contributed by atoms with Crippen LogP contribution in [-0.4, -0.2) is 34.9 Å². The van der Waals surface area contributed by atoms with Crippen molar-refractivity contribution in [2.45, 2.75) is 19.8 Å². The van der Waals surface area contributed by atoms with Crippen LogP contribution in [0.5, 0.6) is 0 Å². The fourth-order valence-electron chi connectivity index (χ4n) is 0. The average molecular weight is 195 g/mol. The third-order valence-electron chi connectivity index (χ3n) is 0.354. The average Bonchev–Trinajstić information content (AvgIpc) is 1.94. The standard InChI is InChI=1S/C4H9.3ClH.Li.Mg/c1-3-4-2;;;;;/h1,3-4H2,2H3;3*1H;;/q;;;;+1;+2/p-3. The predicted molar refractivity (Wildman–Crippen MR) is 49.3 cm³/mol. The van der Waals surface area contributed by atoms with Crippen LogP contribution in [0.15, 0.2) is 0 Å². The summed E-state index contributed by atoms with van der Waals surface area (Å²) in [6.45, 7) is 5.72. The zero-order chi connectivity index (χ0) is 8.12. The van der Waals surface area contributed by atoms with E-state index in [1.54, 1.807) is 0 Å². The van der Waals surface area contributed by atoms with Crippen molar-refractivity contribution in [1.29, 1.82) is 0 Å². The molecule has 1 radical (unpaired) electrons. The maximum absolute atomic E-state index is 4.90. The van der Waals surface area contributed by atoms with E-state index >= 15 is 0 Å². The summed E-state index contributed by atoms with van der Waals surface area (Å²) >= 11 is 0.833. The van der Waals surface area contributed by atoms with E-state index < -0.39 is 18.2 Å². The number of rotatable bonds is 1. The first-order valence-electron chi connectivity index (χ1n) is 2.62. The fraction of sp³-hybridized carbons (Fsp3) is 0.750. The molecule has 0 aromatic rings. The Balaban J connectivity index is -0.0000000646. The van der Waals surface area contributed by atoms with Crippen LogP contribution in [0.2, 0.25) is 0 Å². The summed E-state index contributed by atoms with van der Waals surface area (Å²) in [5, 5.41) is 0. The van der Waals surface area contributed by atoms with Crippen LogP contribution in [0.3, 0.4) is 0 Å². The van der Waals surface area contributed by atoms with E-state index in [1.165, 1.54) is 23.2 Å². The van der Waals surface area contributed by atoms with Crippen LogP contribution >= 0.6 is 27.9 Å². The zero-order valence-electron chi connectivity index (χ0n) is 5.96. The molecule has 0 heterocycles. The van der Waals surface area contributed by atoms with E-state index in [4.69, 9.17) is 18.1 Å². The van der Waals surface area contributed by atoms with Crippen LogP contribution in [0.4, 0.5) is 0 Å². The molecule has 0 saturated carbocycles. The fourth-order valence-corrected chi connectivity index (χ4v) is 0. The topological polar surface area (TPSA) is 0 Å². The summed E-state index contributed by atoms with van der Waals surface area (Å²) in [5.74, 6) is 0. The summed E-state index contributed by atoms with van der Waals surface area (Å²) in [4.78, 5) is 0. The molecule has 0 nitrogen and oxygen atoms in total. The van der Waals surface area contributed by atoms with Gasteiger partial charge in [-0.05, 0) is 0 Å². The van der Waals surface area contributed by atoms with Crippen molar-refractivity contribution < 1.29 is 0 Å². The Labute approximate surface area is 88.6 Å². The van der Waals surface area contributed by atoms with Crippen molar-refractivity contribution in [3.63, 3.8) is 0 Å². The van der Waals surface area contributed by atoms with Crippen molar-refractivity contribution >= 4 is 62.8 Å². The molecule has 0 spiro atoms. The Kier molecular flexibility index (Phi) is 61.4. The summed E-state index contributed by atoms with van der Waals surface area (Å²) < 4.78 is 0. The second-order valence-corrected chi connectivity index (χ2v) is 3.58. The molecule has 0 atom stereocenters. The molecule has 0 aliphatic rings. The molecular weight excluding hydrogens is 186 g/mol. The molecule has 0 saturated heterocycles. The van der Waals surface area contributed by atoms with Crippen LogP contribution in [0.25, 0.3) is 0 Å². The minimum atomic E-state index is -0.639. The first kappa shape index (κ1) is 17.4. The molecule has 0 rings (SSSR count). The molecule has 0 amide bonds. The number of unbranched alkanes of at least 4 members (excludes halogenated alkanes) is 1. The SMILES string of the molecule is [CH2]CCC.[Cl][Mg][Cl].[Li][Cl]. The van der Waals surface area contributed by atoms with Crippen molar-refractivity contribution in [2.24, 2.45) is 0 Å². The second kappa shape index (κ2) is 31.9. The van der Waals surface area contributed by atoms with Gasteiger partial charge in [0.05, 0.1) is 0 Å². The summed E-state index contributed by atoms with van der Waals surface area (Å²) in [6, 6.07) is 0. The number of hydrogen-bond acceptors (Lipinski definition) is 0. The van der Waals surface area contributed by atoms with Gasteiger partial charge in [-0.15, -0.1) is 0 Å². The molecule has 0 N–H and O–H groups in total. The van der Waals surface area contributed by atoms with Crippen molar-refractivity contribution in [2.75, 3.05) is 0 Å². The number of halogens is 3. The van der Waals surface area contributed by atoms with Gasteiger partial charge in [-0.25, -0.2) is 0 Å². The Morgan fingerprint density at radius 2 is 1.56 bits per heavy atom. The molecule has 0 aromatic carbocycles. The molecule has 0 aromatic heterocycles. The van der Waals surface area contributed by atoms with Gasteiger partial charge < -0.3 is 18.1 Å². The van der Waals surface area contributed by atoms with E-state index in [1.807, 2.05) is 0 Å². The molecule has 0 unspecified atom stereocenters. The van der Waals surface area contributed by atoms with Crippen LogP contribution in [0.1, 0.15) is 19.8 Å². The minimum absolute atomic E-state index is 0.639. The Hall–Kier alpha value is 2.23. The molecule has 0 fully saturated rings. The predicted octanol–water partition coefficient (Wildman–Crippen LogP) is 2.93. The van der Waals surface area contributed by atoms with Gasteiger partial charge in [0.1, 0.15) is 0 Å². The number of hydrogen-bond donors (Lipinski definition) is 0. The van der Waals surface area contributed by atoms with E-state index in [-0.39, 0.29) is 0 Å². The molecule has 0 aliphatic heterocycles. The third kappa shape index (κ3) is 66.3. The quantitative estimate of drug-likeness (QED) is 0.564. The molecule has 0 aliphatic carbocycles. The van der Waals surface area contributed by atoms with E-state index in [0.29, 0.717) is 0 Å². The van der Waals surface area contributed by atoms with Crippen molar-refractivity contribution in [1.82, 2.24) is 0 Å². The van der Waals surface area contributed by atoms with Crippen LogP contribution < -0.4 is 0 Å². The Morgan fingerprint density at radius 1 is 1.44 bits per heavy atom. The van der Waals surface area contributed by atoms with E-state index in [2.05, 4.69) is 23.6 Å². The molecule has 9 heavy (non-hydrogen) atoms. The Morgan fingerprint density at radius 3 is 1.56 bits per heavy atom. The first-order chi connectivity index (χ1) is 4.33. The third-order valence-corrected chi connectivity index (χ3v) is 0.354. The van der Waals surface area contributed by atoms with Crippen LogP contribution in [-0.2, 0) is 0 Å². The van der Waals surface area contributed by atoms with Gasteiger partial charge in [-0.1, -0.05) is 26.7 Å². The van der Waals surface area contributed by atoms with Gasteiger partial charge in [0.15, 0.2) is 0 Å². The van der Waals surface area contributed by atoms with E-state index in [9.17, 15) is 0 Å². The van der Waals surface area contributed by atoms with Crippen molar-refractivity contribution in [3.8, 4) is 0 Å². The van der Waals surface area contributed by atoms with Gasteiger partial charge in [0, 0.05) is 0 Å². The zero-order valence-corrected chi connectivity index (χ0v) is 9.64. The molecule has 49 valence electrons. The van der Waals surface area contributed by atoms with Crippen LogP contribution in [0, 0.1) is 6.92 Å². The maximum atomic E-state index is 4.90. The van der Waals surface area contributed by atoms with Gasteiger partial charge in [-0.2, -0.15) is 0 Å². The molecule has 0 bridgehead atoms. The van der Waals surface area contributed by atoms with Gasteiger partial charge >= 0.3 is 44.7 Å².